The Morgan fingerprint density at radius 3 is 2.67 bits per heavy atom. The first-order valence-corrected chi connectivity index (χ1v) is 6.00. The first-order chi connectivity index (χ1) is 7.33. The van der Waals surface area contributed by atoms with E-state index >= 15 is 0 Å². The minimum absolute atomic E-state index is 0.699. The Balaban J connectivity index is 2.07. The van der Waals surface area contributed by atoms with Crippen LogP contribution in [0.3, 0.4) is 0 Å². The molecule has 15 heavy (non-hydrogen) atoms. The molecular weight excluding hydrogens is 208 g/mol. The summed E-state index contributed by atoms with van der Waals surface area (Å²) in [5.41, 5.74) is 0. The van der Waals surface area contributed by atoms with E-state index in [1.165, 1.54) is 25.7 Å². The van der Waals surface area contributed by atoms with E-state index in [9.17, 15) is 0 Å². The van der Waals surface area contributed by atoms with Crippen molar-refractivity contribution < 1.29 is 4.74 Å². The van der Waals surface area contributed by atoms with Crippen molar-refractivity contribution in [2.45, 2.75) is 39.0 Å². The second-order valence-corrected chi connectivity index (χ2v) is 4.07. The van der Waals surface area contributed by atoms with Gasteiger partial charge in [-0.25, -0.2) is 0 Å². The lowest BCUT2D eigenvalue weighted by Gasteiger charge is -2.05. The third kappa shape index (κ3) is 5.68. The van der Waals surface area contributed by atoms with Crippen LogP contribution in [0.1, 0.15) is 39.0 Å². The molecule has 1 aromatic rings. The van der Waals surface area contributed by atoms with E-state index in [-0.39, 0.29) is 0 Å². The van der Waals surface area contributed by atoms with Gasteiger partial charge in [0, 0.05) is 11.1 Å². The molecular formula is C13H18ClO. The van der Waals surface area contributed by atoms with Gasteiger partial charge in [0.2, 0.25) is 0 Å². The number of halogens is 1. The molecule has 0 bridgehead atoms. The lowest BCUT2D eigenvalue weighted by molar-refractivity contribution is 0.304. The Labute approximate surface area is 97.4 Å². The standard InChI is InChI=1S/C13H18ClO/c1-2-3-4-5-6-11-15-13-9-7-12(14)8-10-13/h7-9H,2-6,11H2,1H3. The summed E-state index contributed by atoms with van der Waals surface area (Å²) in [6.07, 6.45) is 6.29. The van der Waals surface area contributed by atoms with Crippen molar-refractivity contribution in [1.29, 1.82) is 0 Å². The highest BCUT2D eigenvalue weighted by molar-refractivity contribution is 6.30. The molecule has 0 unspecified atom stereocenters. The monoisotopic (exact) mass is 225 g/mol. The summed E-state index contributed by atoms with van der Waals surface area (Å²) >= 11 is 5.74. The van der Waals surface area contributed by atoms with Gasteiger partial charge >= 0.3 is 0 Å². The first-order valence-electron chi connectivity index (χ1n) is 5.63. The van der Waals surface area contributed by atoms with E-state index in [0.717, 1.165) is 18.8 Å². The van der Waals surface area contributed by atoms with Crippen molar-refractivity contribution in [2.75, 3.05) is 6.61 Å². The molecule has 0 aliphatic rings. The smallest absolute Gasteiger partial charge is 0.127 e. The second kappa shape index (κ2) is 7.58. The molecule has 0 aliphatic heterocycles. The average molecular weight is 226 g/mol. The fourth-order valence-corrected chi connectivity index (χ4v) is 1.49. The molecule has 0 atom stereocenters. The van der Waals surface area contributed by atoms with Crippen molar-refractivity contribution >= 4 is 11.6 Å². The number of rotatable bonds is 7. The van der Waals surface area contributed by atoms with E-state index in [4.69, 9.17) is 16.3 Å². The quantitative estimate of drug-likeness (QED) is 0.622. The molecule has 0 amide bonds. The van der Waals surface area contributed by atoms with Gasteiger partial charge in [-0.05, 0) is 24.6 Å². The van der Waals surface area contributed by atoms with Crippen molar-refractivity contribution in [3.8, 4) is 5.75 Å². The number of ether oxygens (including phenoxy) is 1. The Bertz CT molecular complexity index is 256. The van der Waals surface area contributed by atoms with Crippen LogP contribution in [0, 0.1) is 6.07 Å². The predicted molar refractivity (Wildman–Crippen MR) is 64.5 cm³/mol. The van der Waals surface area contributed by atoms with Crippen LogP contribution in [0.2, 0.25) is 5.02 Å². The Hall–Kier alpha value is -0.690. The van der Waals surface area contributed by atoms with Crippen molar-refractivity contribution in [3.05, 3.63) is 29.3 Å². The molecule has 1 radical (unpaired) electrons. The van der Waals surface area contributed by atoms with Crippen LogP contribution in [-0.4, -0.2) is 6.61 Å². The largest absolute Gasteiger partial charge is 0.493 e. The van der Waals surface area contributed by atoms with E-state index in [0.29, 0.717) is 5.02 Å². The van der Waals surface area contributed by atoms with Crippen LogP contribution >= 0.6 is 11.6 Å². The maximum atomic E-state index is 5.74. The van der Waals surface area contributed by atoms with E-state index in [1.54, 1.807) is 6.07 Å². The highest BCUT2D eigenvalue weighted by atomic mass is 35.5. The Kier molecular flexibility index (Phi) is 6.26. The van der Waals surface area contributed by atoms with Gasteiger partial charge in [0.15, 0.2) is 0 Å². The Morgan fingerprint density at radius 2 is 2.00 bits per heavy atom. The molecule has 0 aliphatic carbocycles. The van der Waals surface area contributed by atoms with Gasteiger partial charge < -0.3 is 4.74 Å². The normalized spacial score (nSPS) is 10.3. The number of unbranched alkanes of at least 4 members (excludes halogenated alkanes) is 4. The zero-order valence-electron chi connectivity index (χ0n) is 9.26. The van der Waals surface area contributed by atoms with Crippen LogP contribution in [-0.2, 0) is 0 Å². The molecule has 83 valence electrons. The summed E-state index contributed by atoms with van der Waals surface area (Å²) in [7, 11) is 0. The summed E-state index contributed by atoms with van der Waals surface area (Å²) < 4.78 is 5.53. The average Bonchev–Trinajstić information content (AvgIpc) is 2.26. The number of hydrogen-bond acceptors (Lipinski definition) is 1. The highest BCUT2D eigenvalue weighted by Gasteiger charge is 1.94. The van der Waals surface area contributed by atoms with Gasteiger partial charge in [0.1, 0.15) is 5.75 Å². The maximum Gasteiger partial charge on any atom is 0.127 e. The molecule has 0 heterocycles. The Morgan fingerprint density at radius 1 is 1.20 bits per heavy atom. The minimum atomic E-state index is 0.699. The fourth-order valence-electron chi connectivity index (χ4n) is 1.37. The van der Waals surface area contributed by atoms with Crippen LogP contribution in [0.25, 0.3) is 0 Å². The fraction of sp³-hybridized carbons (Fsp3) is 0.538. The summed E-state index contributed by atoms with van der Waals surface area (Å²) in [5, 5.41) is 0.699. The summed E-state index contributed by atoms with van der Waals surface area (Å²) in [5.74, 6) is 0.787. The van der Waals surface area contributed by atoms with E-state index in [1.807, 2.05) is 12.1 Å². The molecule has 0 saturated heterocycles. The van der Waals surface area contributed by atoms with Gasteiger partial charge in [-0.2, -0.15) is 0 Å². The van der Waals surface area contributed by atoms with Gasteiger partial charge in [0.25, 0.3) is 0 Å². The van der Waals surface area contributed by atoms with Gasteiger partial charge in [0.05, 0.1) is 6.61 Å². The highest BCUT2D eigenvalue weighted by Crippen LogP contribution is 2.15. The van der Waals surface area contributed by atoms with Crippen LogP contribution in [0.4, 0.5) is 0 Å². The molecule has 0 saturated carbocycles. The molecule has 0 aromatic heterocycles. The first kappa shape index (κ1) is 12.4. The maximum absolute atomic E-state index is 5.74. The molecule has 0 fully saturated rings. The SMILES string of the molecule is CCCCCCCOc1[c]cc(Cl)cc1. The molecule has 0 spiro atoms. The van der Waals surface area contributed by atoms with Gasteiger partial charge in [-0.3, -0.25) is 0 Å². The van der Waals surface area contributed by atoms with E-state index < -0.39 is 0 Å². The third-order valence-electron chi connectivity index (χ3n) is 2.25. The molecule has 0 N–H and O–H groups in total. The number of hydrogen-bond donors (Lipinski definition) is 0. The second-order valence-electron chi connectivity index (χ2n) is 3.63. The zero-order valence-corrected chi connectivity index (χ0v) is 10.0. The van der Waals surface area contributed by atoms with E-state index in [2.05, 4.69) is 13.0 Å². The van der Waals surface area contributed by atoms with Crippen molar-refractivity contribution in [2.24, 2.45) is 0 Å². The lowest BCUT2D eigenvalue weighted by atomic mass is 10.2. The third-order valence-corrected chi connectivity index (χ3v) is 2.49. The van der Waals surface area contributed by atoms with Crippen LogP contribution < -0.4 is 4.74 Å². The topological polar surface area (TPSA) is 9.23 Å². The van der Waals surface area contributed by atoms with Crippen molar-refractivity contribution in [1.82, 2.24) is 0 Å². The molecule has 1 rings (SSSR count). The van der Waals surface area contributed by atoms with Crippen molar-refractivity contribution in [3.63, 3.8) is 0 Å². The summed E-state index contributed by atoms with van der Waals surface area (Å²) in [6, 6.07) is 8.39. The summed E-state index contributed by atoms with van der Waals surface area (Å²) in [6.45, 7) is 3.00. The molecule has 1 nitrogen and oxygen atoms in total. The molecule has 1 aromatic carbocycles. The lowest BCUT2D eigenvalue weighted by Crippen LogP contribution is -1.97. The van der Waals surface area contributed by atoms with Crippen LogP contribution in [0.5, 0.6) is 5.75 Å². The molecule has 2 heteroatoms. The predicted octanol–water partition coefficient (Wildman–Crippen LogP) is 4.49. The number of benzene rings is 1. The summed E-state index contributed by atoms with van der Waals surface area (Å²) in [4.78, 5) is 0. The zero-order chi connectivity index (χ0) is 10.9. The van der Waals surface area contributed by atoms with Gasteiger partial charge in [-0.1, -0.05) is 44.2 Å². The van der Waals surface area contributed by atoms with Gasteiger partial charge in [-0.15, -0.1) is 0 Å². The van der Waals surface area contributed by atoms with Crippen LogP contribution in [0.15, 0.2) is 18.2 Å². The minimum Gasteiger partial charge on any atom is -0.493 e.